The highest BCUT2D eigenvalue weighted by Gasteiger charge is 2.43. The Bertz CT molecular complexity index is 1440. The summed E-state index contributed by atoms with van der Waals surface area (Å²) in [5.41, 5.74) is 4.03. The Morgan fingerprint density at radius 3 is 2.49 bits per heavy atom. The molecule has 2 saturated carbocycles. The Balaban J connectivity index is 1.54. The molecule has 3 aromatic rings. The van der Waals surface area contributed by atoms with Crippen LogP contribution in [-0.4, -0.2) is 74.9 Å². The Labute approximate surface area is 220 Å². The lowest BCUT2D eigenvalue weighted by Gasteiger charge is -2.22. The first kappa shape index (κ1) is 26.2. The average Bonchev–Trinajstić information content (AvgIpc) is 3.51. The number of pyridine rings is 1. The number of thiazole rings is 1. The van der Waals surface area contributed by atoms with Crippen LogP contribution in [0, 0.1) is 32.6 Å². The van der Waals surface area contributed by atoms with Crippen molar-refractivity contribution in [2.75, 3.05) is 22.6 Å². The van der Waals surface area contributed by atoms with Crippen LogP contribution in [0.1, 0.15) is 43.3 Å². The summed E-state index contributed by atoms with van der Waals surface area (Å²) in [6.07, 6.45) is 1.52. The van der Waals surface area contributed by atoms with Crippen LogP contribution in [0.4, 0.5) is 11.8 Å². The maximum Gasteiger partial charge on any atom is 0.225 e. The number of fused-ring (bicyclic) bond motifs is 1. The molecular weight excluding hydrogens is 512 g/mol. The smallest absolute Gasteiger partial charge is 0.225 e. The monoisotopic (exact) mass is 546 g/mol. The van der Waals surface area contributed by atoms with E-state index in [0.717, 1.165) is 44.1 Å². The maximum absolute atomic E-state index is 11.9. The minimum Gasteiger partial charge on any atom is -0.390 e. The molecule has 200 valence electrons. The first-order valence-electron chi connectivity index (χ1n) is 12.6. The molecule has 0 aromatic carbocycles. The third kappa shape index (κ3) is 5.57. The van der Waals surface area contributed by atoms with Gasteiger partial charge >= 0.3 is 0 Å². The molecule has 2 fully saturated rings. The predicted octanol–water partition coefficient (Wildman–Crippen LogP) is 2.85. The highest BCUT2D eigenvalue weighted by Crippen LogP contribution is 2.39. The fourth-order valence-corrected chi connectivity index (χ4v) is 7.57. The standard InChI is InChI=1S/C25H34N6O4S2/c1-11-8-18-20(14(4)26-11)30-24(36-18)19-13(3)28-25(27-12(2)15-6-7-15)31-23(19)29-17-9-16(10-37(5,34)35)21(32)22(17)33/h8,12,15-17,21-22,32-33H,6-7,9-10H2,1-5H3,(H2,27,28,29,31)/t12-,16-,17-,21-,22+/m1/s1. The second-order valence-corrected chi connectivity index (χ2v) is 13.9. The van der Waals surface area contributed by atoms with Gasteiger partial charge in [0.2, 0.25) is 5.95 Å². The van der Waals surface area contributed by atoms with Gasteiger partial charge in [0.15, 0.2) is 0 Å². The maximum atomic E-state index is 11.9. The summed E-state index contributed by atoms with van der Waals surface area (Å²) in [5, 5.41) is 28.9. The van der Waals surface area contributed by atoms with Gasteiger partial charge in [-0.1, -0.05) is 0 Å². The molecule has 0 unspecified atom stereocenters. The molecule has 0 spiro atoms. The van der Waals surface area contributed by atoms with Crippen molar-refractivity contribution >= 4 is 43.2 Å². The first-order chi connectivity index (χ1) is 17.4. The van der Waals surface area contributed by atoms with Crippen LogP contribution in [0.2, 0.25) is 0 Å². The number of aromatic nitrogens is 4. The van der Waals surface area contributed by atoms with Gasteiger partial charge in [-0.2, -0.15) is 4.98 Å². The number of rotatable bonds is 8. The van der Waals surface area contributed by atoms with E-state index in [0.29, 0.717) is 24.1 Å². The molecule has 0 saturated heterocycles. The van der Waals surface area contributed by atoms with Gasteiger partial charge in [0.05, 0.1) is 39.5 Å². The number of hydrogen-bond acceptors (Lipinski definition) is 11. The van der Waals surface area contributed by atoms with Gasteiger partial charge in [0.1, 0.15) is 32.3 Å². The minimum atomic E-state index is -3.31. The Hall–Kier alpha value is -2.41. The molecule has 3 aromatic heterocycles. The van der Waals surface area contributed by atoms with Crippen LogP contribution in [0.15, 0.2) is 6.07 Å². The molecule has 4 N–H and O–H groups in total. The van der Waals surface area contributed by atoms with Crippen molar-refractivity contribution in [1.82, 2.24) is 19.9 Å². The fraction of sp³-hybridized carbons (Fsp3) is 0.600. The van der Waals surface area contributed by atoms with Gasteiger partial charge in [-0.15, -0.1) is 11.3 Å². The number of aliphatic hydroxyl groups excluding tert-OH is 2. The van der Waals surface area contributed by atoms with E-state index in [2.05, 4.69) is 22.5 Å². The summed E-state index contributed by atoms with van der Waals surface area (Å²) in [5.74, 6) is 0.829. The number of anilines is 2. The number of aliphatic hydroxyl groups is 2. The molecule has 0 aliphatic heterocycles. The molecule has 37 heavy (non-hydrogen) atoms. The number of nitrogens with one attached hydrogen (secondary N) is 2. The molecule has 12 heteroatoms. The van der Waals surface area contributed by atoms with Crippen molar-refractivity contribution < 1.29 is 18.6 Å². The van der Waals surface area contributed by atoms with E-state index in [4.69, 9.17) is 15.0 Å². The molecule has 5 atom stereocenters. The zero-order valence-corrected chi connectivity index (χ0v) is 23.3. The van der Waals surface area contributed by atoms with Gasteiger partial charge in [-0.25, -0.2) is 18.4 Å². The molecule has 0 amide bonds. The van der Waals surface area contributed by atoms with E-state index < -0.39 is 34.0 Å². The van der Waals surface area contributed by atoms with Gasteiger partial charge in [0.25, 0.3) is 0 Å². The van der Waals surface area contributed by atoms with E-state index in [1.54, 1.807) is 0 Å². The van der Waals surface area contributed by atoms with Crippen molar-refractivity contribution in [3.05, 3.63) is 23.1 Å². The quantitative estimate of drug-likeness (QED) is 0.332. The highest BCUT2D eigenvalue weighted by molar-refractivity contribution is 7.90. The number of aryl methyl sites for hydroxylation is 3. The van der Waals surface area contributed by atoms with Crippen LogP contribution in [-0.2, 0) is 9.84 Å². The number of sulfone groups is 1. The summed E-state index contributed by atoms with van der Waals surface area (Å²) in [6.45, 7) is 7.92. The van der Waals surface area contributed by atoms with Crippen molar-refractivity contribution in [3.8, 4) is 10.6 Å². The van der Waals surface area contributed by atoms with E-state index in [1.807, 2.05) is 26.8 Å². The van der Waals surface area contributed by atoms with E-state index in [-0.39, 0.29) is 11.8 Å². The van der Waals surface area contributed by atoms with Gasteiger partial charge in [-0.3, -0.25) is 4.98 Å². The Morgan fingerprint density at radius 2 is 1.81 bits per heavy atom. The molecule has 0 radical (unpaired) electrons. The molecule has 2 aliphatic carbocycles. The normalized spacial score (nSPS) is 24.9. The lowest BCUT2D eigenvalue weighted by molar-refractivity contribution is 0.0216. The summed E-state index contributed by atoms with van der Waals surface area (Å²) < 4.78 is 24.8. The topological polar surface area (TPSA) is 150 Å². The summed E-state index contributed by atoms with van der Waals surface area (Å²) in [7, 11) is -3.31. The minimum absolute atomic E-state index is 0.186. The third-order valence-electron chi connectivity index (χ3n) is 7.31. The van der Waals surface area contributed by atoms with E-state index >= 15 is 0 Å². The zero-order chi connectivity index (χ0) is 26.6. The number of hydrogen-bond donors (Lipinski definition) is 4. The van der Waals surface area contributed by atoms with E-state index in [9.17, 15) is 18.6 Å². The Morgan fingerprint density at radius 1 is 1.08 bits per heavy atom. The number of nitrogens with zero attached hydrogens (tertiary/aromatic N) is 4. The van der Waals surface area contributed by atoms with Gasteiger partial charge in [-0.05, 0) is 58.9 Å². The van der Waals surface area contributed by atoms with Crippen molar-refractivity contribution in [3.63, 3.8) is 0 Å². The highest BCUT2D eigenvalue weighted by atomic mass is 32.2. The van der Waals surface area contributed by atoms with Crippen molar-refractivity contribution in [2.45, 2.75) is 71.2 Å². The largest absolute Gasteiger partial charge is 0.390 e. The Kier molecular flexibility index (Phi) is 6.88. The van der Waals surface area contributed by atoms with Crippen molar-refractivity contribution in [2.24, 2.45) is 11.8 Å². The van der Waals surface area contributed by atoms with Gasteiger partial charge < -0.3 is 20.8 Å². The van der Waals surface area contributed by atoms with E-state index in [1.165, 1.54) is 24.2 Å². The second kappa shape index (κ2) is 9.72. The molecule has 10 nitrogen and oxygen atoms in total. The van der Waals surface area contributed by atoms with Crippen LogP contribution >= 0.6 is 11.3 Å². The molecule has 0 bridgehead atoms. The van der Waals surface area contributed by atoms with Crippen LogP contribution < -0.4 is 10.6 Å². The van der Waals surface area contributed by atoms with Crippen LogP contribution in [0.3, 0.4) is 0 Å². The summed E-state index contributed by atoms with van der Waals surface area (Å²) in [4.78, 5) is 18.9. The summed E-state index contributed by atoms with van der Waals surface area (Å²) in [6, 6.07) is 1.66. The zero-order valence-electron chi connectivity index (χ0n) is 21.7. The molecule has 2 aliphatic rings. The third-order valence-corrected chi connectivity index (χ3v) is 9.36. The lowest BCUT2D eigenvalue weighted by atomic mass is 10.1. The van der Waals surface area contributed by atoms with Crippen LogP contribution in [0.25, 0.3) is 20.8 Å². The first-order valence-corrected chi connectivity index (χ1v) is 15.5. The lowest BCUT2D eigenvalue weighted by Crippen LogP contribution is -2.36. The van der Waals surface area contributed by atoms with Gasteiger partial charge in [0, 0.05) is 23.9 Å². The molecular formula is C25H34N6O4S2. The fourth-order valence-electron chi connectivity index (χ4n) is 5.25. The molecule has 5 rings (SSSR count). The SMILES string of the molecule is Cc1cc2sc(-c3c(C)nc(N[C@H](C)C4CC4)nc3N[C@@H]3C[C@H](CS(C)(=O)=O)[C@@H](O)[C@H]3O)nc2c(C)n1. The summed E-state index contributed by atoms with van der Waals surface area (Å²) >= 11 is 1.53. The second-order valence-electron chi connectivity index (χ2n) is 10.7. The predicted molar refractivity (Wildman–Crippen MR) is 146 cm³/mol. The van der Waals surface area contributed by atoms with Crippen LogP contribution in [0.5, 0.6) is 0 Å². The average molecular weight is 547 g/mol. The van der Waals surface area contributed by atoms with Crippen molar-refractivity contribution in [1.29, 1.82) is 0 Å². The molecule has 3 heterocycles.